The Bertz CT molecular complexity index is 1040. The van der Waals surface area contributed by atoms with Crippen molar-refractivity contribution in [1.82, 2.24) is 9.38 Å². The Morgan fingerprint density at radius 3 is 2.50 bits per heavy atom. The highest BCUT2D eigenvalue weighted by atomic mass is 35.5. The van der Waals surface area contributed by atoms with E-state index in [4.69, 9.17) is 25.8 Å². The lowest BCUT2D eigenvalue weighted by Crippen LogP contribution is -2.16. The predicted molar refractivity (Wildman–Crippen MR) is 104 cm³/mol. The number of hydrogen-bond donors (Lipinski definition) is 0. The van der Waals surface area contributed by atoms with Crippen LogP contribution in [0.3, 0.4) is 0 Å². The Kier molecular flexibility index (Phi) is 6.16. The minimum absolute atomic E-state index is 0.0748. The monoisotopic (exact) mass is 402 g/mol. The number of pyridine rings is 1. The summed E-state index contributed by atoms with van der Waals surface area (Å²) in [6, 6.07) is 10.0. The highest BCUT2D eigenvalue weighted by Crippen LogP contribution is 2.23. The van der Waals surface area contributed by atoms with Gasteiger partial charge in [-0.2, -0.15) is 0 Å². The van der Waals surface area contributed by atoms with E-state index in [9.17, 15) is 9.59 Å². The number of benzene rings is 1. The van der Waals surface area contributed by atoms with Gasteiger partial charge in [0.25, 0.3) is 5.56 Å². The van der Waals surface area contributed by atoms with Gasteiger partial charge in [-0.1, -0.05) is 11.6 Å². The van der Waals surface area contributed by atoms with Crippen LogP contribution in [-0.2, 0) is 22.6 Å². The molecule has 8 heteroatoms. The number of nitrogens with zero attached hydrogens (tertiary/aromatic N) is 2. The molecule has 28 heavy (non-hydrogen) atoms. The summed E-state index contributed by atoms with van der Waals surface area (Å²) in [4.78, 5) is 28.5. The summed E-state index contributed by atoms with van der Waals surface area (Å²) in [6.07, 6.45) is 2.14. The maximum absolute atomic E-state index is 12.1. The molecule has 0 saturated carbocycles. The molecule has 0 N–H and O–H groups in total. The van der Waals surface area contributed by atoms with E-state index in [0.29, 0.717) is 34.3 Å². The van der Waals surface area contributed by atoms with Crippen LogP contribution in [0, 0.1) is 0 Å². The third-order valence-corrected chi connectivity index (χ3v) is 4.31. The number of esters is 1. The molecular formula is C20H19ClN2O5. The molecule has 0 bridgehead atoms. The van der Waals surface area contributed by atoms with Crippen molar-refractivity contribution in [2.24, 2.45) is 0 Å². The molecule has 0 unspecified atom stereocenters. The smallest absolute Gasteiger partial charge is 0.306 e. The summed E-state index contributed by atoms with van der Waals surface area (Å²) in [5.74, 6) is 0.923. The zero-order chi connectivity index (χ0) is 20.1. The van der Waals surface area contributed by atoms with Gasteiger partial charge in [0.2, 0.25) is 0 Å². The van der Waals surface area contributed by atoms with E-state index in [0.717, 1.165) is 5.56 Å². The molecule has 7 nitrogen and oxygen atoms in total. The Hall–Kier alpha value is -3.06. The Balaban J connectivity index is 1.61. The van der Waals surface area contributed by atoms with Crippen molar-refractivity contribution in [1.29, 1.82) is 0 Å². The van der Waals surface area contributed by atoms with Gasteiger partial charge in [-0.25, -0.2) is 4.98 Å². The Morgan fingerprint density at radius 2 is 1.82 bits per heavy atom. The van der Waals surface area contributed by atoms with Gasteiger partial charge in [0, 0.05) is 24.8 Å². The van der Waals surface area contributed by atoms with Crippen LogP contribution in [-0.4, -0.2) is 29.6 Å². The van der Waals surface area contributed by atoms with Crippen LogP contribution in [0.15, 0.2) is 47.4 Å². The zero-order valence-electron chi connectivity index (χ0n) is 15.5. The average molecular weight is 403 g/mol. The van der Waals surface area contributed by atoms with Crippen LogP contribution < -0.4 is 15.0 Å². The summed E-state index contributed by atoms with van der Waals surface area (Å²) < 4.78 is 17.0. The van der Waals surface area contributed by atoms with Crippen LogP contribution in [0.25, 0.3) is 5.65 Å². The van der Waals surface area contributed by atoms with Crippen LogP contribution in [0.4, 0.5) is 0 Å². The number of rotatable bonds is 7. The molecule has 146 valence electrons. The highest BCUT2D eigenvalue weighted by Gasteiger charge is 2.09. The summed E-state index contributed by atoms with van der Waals surface area (Å²) in [6.45, 7) is -0.0748. The summed E-state index contributed by atoms with van der Waals surface area (Å²) in [5, 5.41) is 0.435. The largest absolute Gasteiger partial charge is 0.497 e. The normalized spacial score (nSPS) is 10.7. The molecule has 0 aliphatic heterocycles. The lowest BCUT2D eigenvalue weighted by molar-refractivity contribution is -0.145. The van der Waals surface area contributed by atoms with Crippen LogP contribution in [0.5, 0.6) is 11.5 Å². The van der Waals surface area contributed by atoms with Gasteiger partial charge in [-0.3, -0.25) is 14.0 Å². The van der Waals surface area contributed by atoms with Gasteiger partial charge in [-0.15, -0.1) is 0 Å². The van der Waals surface area contributed by atoms with Crippen molar-refractivity contribution < 1.29 is 19.0 Å². The number of carbonyl (C=O) groups excluding carboxylic acids is 1. The lowest BCUT2D eigenvalue weighted by Gasteiger charge is -2.09. The number of aromatic nitrogens is 2. The van der Waals surface area contributed by atoms with Crippen molar-refractivity contribution in [3.8, 4) is 11.5 Å². The zero-order valence-corrected chi connectivity index (χ0v) is 16.2. The van der Waals surface area contributed by atoms with Crippen LogP contribution in [0.2, 0.25) is 5.02 Å². The molecule has 2 aromatic heterocycles. The van der Waals surface area contributed by atoms with Gasteiger partial charge in [-0.05, 0) is 36.2 Å². The number of aryl methyl sites for hydroxylation is 1. The standard InChI is InChI=1S/C20H19ClN2O5/c1-26-16-7-13(8-17(10-16)27-2)3-6-20(25)28-12-15-9-19(24)23-11-14(21)4-5-18(23)22-15/h4-5,7-11H,3,6,12H2,1-2H3. The lowest BCUT2D eigenvalue weighted by atomic mass is 10.1. The fourth-order valence-electron chi connectivity index (χ4n) is 2.68. The molecule has 2 heterocycles. The second-order valence-corrected chi connectivity index (χ2v) is 6.48. The van der Waals surface area contributed by atoms with Crippen LogP contribution >= 0.6 is 11.6 Å². The first-order valence-electron chi connectivity index (χ1n) is 8.54. The second kappa shape index (κ2) is 8.75. The summed E-state index contributed by atoms with van der Waals surface area (Å²) in [5.41, 5.74) is 1.42. The van der Waals surface area contributed by atoms with Gasteiger partial charge in [0.15, 0.2) is 0 Å². The minimum Gasteiger partial charge on any atom is -0.497 e. The Labute approximate surface area is 166 Å². The fraction of sp³-hybridized carbons (Fsp3) is 0.250. The van der Waals surface area contributed by atoms with Crippen molar-refractivity contribution in [2.45, 2.75) is 19.4 Å². The maximum Gasteiger partial charge on any atom is 0.306 e. The Morgan fingerprint density at radius 1 is 1.11 bits per heavy atom. The number of methoxy groups -OCH3 is 2. The molecule has 0 saturated heterocycles. The van der Waals surface area contributed by atoms with Gasteiger partial charge in [0.1, 0.15) is 23.8 Å². The van der Waals surface area contributed by atoms with E-state index in [1.807, 2.05) is 12.1 Å². The molecule has 3 rings (SSSR count). The first-order chi connectivity index (χ1) is 13.5. The topological polar surface area (TPSA) is 79.1 Å². The van der Waals surface area contributed by atoms with E-state index in [1.165, 1.54) is 16.7 Å². The van der Waals surface area contributed by atoms with E-state index < -0.39 is 0 Å². The molecule has 0 amide bonds. The molecular weight excluding hydrogens is 384 g/mol. The first kappa shape index (κ1) is 19.7. The van der Waals surface area contributed by atoms with Crippen molar-refractivity contribution in [3.05, 3.63) is 69.2 Å². The number of fused-ring (bicyclic) bond motifs is 1. The van der Waals surface area contributed by atoms with E-state index >= 15 is 0 Å². The van der Waals surface area contributed by atoms with E-state index in [2.05, 4.69) is 4.98 Å². The third-order valence-electron chi connectivity index (χ3n) is 4.09. The number of hydrogen-bond acceptors (Lipinski definition) is 6. The van der Waals surface area contributed by atoms with E-state index in [-0.39, 0.29) is 24.6 Å². The molecule has 0 aliphatic carbocycles. The van der Waals surface area contributed by atoms with Gasteiger partial charge < -0.3 is 14.2 Å². The second-order valence-electron chi connectivity index (χ2n) is 6.04. The van der Waals surface area contributed by atoms with Crippen molar-refractivity contribution in [3.63, 3.8) is 0 Å². The fourth-order valence-corrected chi connectivity index (χ4v) is 2.84. The molecule has 0 fully saturated rings. The number of ether oxygens (including phenoxy) is 3. The minimum atomic E-state index is -0.389. The maximum atomic E-state index is 12.1. The average Bonchev–Trinajstić information content (AvgIpc) is 2.70. The van der Waals surface area contributed by atoms with Crippen molar-refractivity contribution >= 4 is 23.2 Å². The van der Waals surface area contributed by atoms with E-state index in [1.54, 1.807) is 32.4 Å². The van der Waals surface area contributed by atoms with Crippen LogP contribution in [0.1, 0.15) is 17.7 Å². The molecule has 3 aromatic rings. The quantitative estimate of drug-likeness (QED) is 0.565. The number of carbonyl (C=O) groups is 1. The first-order valence-corrected chi connectivity index (χ1v) is 8.91. The summed E-state index contributed by atoms with van der Waals surface area (Å²) >= 11 is 5.88. The molecule has 0 spiro atoms. The SMILES string of the molecule is COc1cc(CCC(=O)OCc2cc(=O)n3cc(Cl)ccc3n2)cc(OC)c1. The molecule has 0 atom stereocenters. The molecule has 1 aromatic carbocycles. The van der Waals surface area contributed by atoms with Gasteiger partial charge in [0.05, 0.1) is 24.9 Å². The third kappa shape index (κ3) is 4.80. The molecule has 0 aliphatic rings. The highest BCUT2D eigenvalue weighted by molar-refractivity contribution is 6.30. The summed E-state index contributed by atoms with van der Waals surface area (Å²) in [7, 11) is 3.14. The number of halogens is 1. The van der Waals surface area contributed by atoms with Gasteiger partial charge >= 0.3 is 5.97 Å². The molecule has 0 radical (unpaired) electrons. The predicted octanol–water partition coefficient (Wildman–Crippen LogP) is 3.04. The van der Waals surface area contributed by atoms with Crippen molar-refractivity contribution in [2.75, 3.05) is 14.2 Å².